The molecule has 1 N–H and O–H groups in total. The van der Waals surface area contributed by atoms with E-state index in [4.69, 9.17) is 4.42 Å². The molecule has 0 spiro atoms. The lowest BCUT2D eigenvalue weighted by Gasteiger charge is -2.23. The highest BCUT2D eigenvalue weighted by Crippen LogP contribution is 2.26. The Morgan fingerprint density at radius 2 is 2.00 bits per heavy atom. The summed E-state index contributed by atoms with van der Waals surface area (Å²) < 4.78 is 33.9. The van der Waals surface area contributed by atoms with Gasteiger partial charge in [-0.2, -0.15) is 4.31 Å². The van der Waals surface area contributed by atoms with Gasteiger partial charge in [0.15, 0.2) is 5.58 Å². The van der Waals surface area contributed by atoms with Gasteiger partial charge in [0.1, 0.15) is 0 Å². The van der Waals surface area contributed by atoms with Crippen LogP contribution in [0.2, 0.25) is 0 Å². The van der Waals surface area contributed by atoms with E-state index in [-0.39, 0.29) is 10.9 Å². The first kappa shape index (κ1) is 14.9. The zero-order valence-corrected chi connectivity index (χ0v) is 13.7. The number of aryl methyl sites for hydroxylation is 1. The number of rotatable bonds is 2. The molecule has 2 bridgehead atoms. The normalized spacial score (nSPS) is 25.8. The van der Waals surface area contributed by atoms with Crippen LogP contribution in [0, 0.1) is 0 Å². The molecule has 1 aromatic heterocycles. The Balaban J connectivity index is 1.72. The van der Waals surface area contributed by atoms with Crippen molar-refractivity contribution in [2.24, 2.45) is 7.05 Å². The molecule has 0 radical (unpaired) electrons. The minimum atomic E-state index is -3.58. The third-order valence-electron chi connectivity index (χ3n) is 4.89. The second kappa shape index (κ2) is 5.19. The number of hydrogen-bond acceptors (Lipinski definition) is 5. The maximum atomic E-state index is 12.9. The van der Waals surface area contributed by atoms with E-state index in [0.29, 0.717) is 30.2 Å². The lowest BCUT2D eigenvalue weighted by atomic mass is 10.1. The van der Waals surface area contributed by atoms with Crippen LogP contribution in [-0.4, -0.2) is 42.5 Å². The first-order valence-electron chi connectivity index (χ1n) is 7.81. The first-order chi connectivity index (χ1) is 10.9. The molecule has 2 fully saturated rings. The van der Waals surface area contributed by atoms with Crippen molar-refractivity contribution in [2.75, 3.05) is 13.1 Å². The minimum absolute atomic E-state index is 0.178. The number of nitrogens with zero attached hydrogens (tertiary/aromatic N) is 2. The summed E-state index contributed by atoms with van der Waals surface area (Å²) in [6.45, 7) is 1.02. The van der Waals surface area contributed by atoms with Crippen LogP contribution in [-0.2, 0) is 17.1 Å². The van der Waals surface area contributed by atoms with Gasteiger partial charge < -0.3 is 9.73 Å². The van der Waals surface area contributed by atoms with Crippen molar-refractivity contribution in [3.63, 3.8) is 0 Å². The summed E-state index contributed by atoms with van der Waals surface area (Å²) in [6.07, 6.45) is 2.97. The number of oxazole rings is 1. The van der Waals surface area contributed by atoms with Crippen LogP contribution in [0.1, 0.15) is 19.3 Å². The van der Waals surface area contributed by atoms with E-state index in [1.165, 1.54) is 10.6 Å². The fourth-order valence-electron chi connectivity index (χ4n) is 3.55. The lowest BCUT2D eigenvalue weighted by molar-refractivity contribution is 0.383. The maximum absolute atomic E-state index is 12.9. The molecule has 2 aliphatic heterocycles. The smallest absolute Gasteiger partial charge is 0.408 e. The second-order valence-electron chi connectivity index (χ2n) is 6.35. The van der Waals surface area contributed by atoms with Crippen molar-refractivity contribution in [2.45, 2.75) is 36.2 Å². The van der Waals surface area contributed by atoms with Gasteiger partial charge in [0, 0.05) is 38.3 Å². The molecule has 23 heavy (non-hydrogen) atoms. The molecule has 8 heteroatoms. The Kier molecular flexibility index (Phi) is 3.36. The van der Waals surface area contributed by atoms with Crippen molar-refractivity contribution < 1.29 is 12.8 Å². The Labute approximate surface area is 133 Å². The van der Waals surface area contributed by atoms with E-state index in [1.54, 1.807) is 23.5 Å². The van der Waals surface area contributed by atoms with Crippen molar-refractivity contribution >= 4 is 21.1 Å². The highest BCUT2D eigenvalue weighted by Gasteiger charge is 2.35. The summed E-state index contributed by atoms with van der Waals surface area (Å²) >= 11 is 0. The standard InChI is InChI=1S/C15H19N3O4S/c1-17-13-5-4-12(8-14(13)22-15(17)19)23(20,21)18-7-6-10-2-3-11(9-18)16-10/h4-5,8,10-11,16H,2-3,6-7,9H2,1H3. The molecule has 0 aliphatic carbocycles. The van der Waals surface area contributed by atoms with Gasteiger partial charge in [0.05, 0.1) is 10.4 Å². The van der Waals surface area contributed by atoms with Crippen LogP contribution in [0.4, 0.5) is 0 Å². The van der Waals surface area contributed by atoms with Gasteiger partial charge >= 0.3 is 5.76 Å². The number of benzene rings is 1. The SMILES string of the molecule is Cn1c(=O)oc2cc(S(=O)(=O)N3CCC4CCC(C3)N4)ccc21. The fraction of sp³-hybridized carbons (Fsp3) is 0.533. The van der Waals surface area contributed by atoms with Crippen LogP contribution in [0.5, 0.6) is 0 Å². The van der Waals surface area contributed by atoms with Crippen LogP contribution in [0.3, 0.4) is 0 Å². The van der Waals surface area contributed by atoms with Crippen LogP contribution in [0.15, 0.2) is 32.3 Å². The Morgan fingerprint density at radius 3 is 2.83 bits per heavy atom. The zero-order valence-electron chi connectivity index (χ0n) is 12.9. The summed E-state index contributed by atoms with van der Waals surface area (Å²) in [5, 5.41) is 3.48. The Bertz CT molecular complexity index is 914. The van der Waals surface area contributed by atoms with Gasteiger partial charge in [0.2, 0.25) is 10.0 Å². The summed E-state index contributed by atoms with van der Waals surface area (Å²) in [5.74, 6) is -0.495. The fourth-order valence-corrected chi connectivity index (χ4v) is 5.07. The van der Waals surface area contributed by atoms with E-state index < -0.39 is 15.8 Å². The molecule has 0 saturated carbocycles. The molecule has 2 saturated heterocycles. The van der Waals surface area contributed by atoms with Gasteiger partial charge in [-0.1, -0.05) is 0 Å². The molecule has 2 atom stereocenters. The Hall–Kier alpha value is -1.64. The third kappa shape index (κ3) is 2.41. The largest absolute Gasteiger partial charge is 0.419 e. The number of fused-ring (bicyclic) bond motifs is 3. The summed E-state index contributed by atoms with van der Waals surface area (Å²) in [5.41, 5.74) is 0.888. The van der Waals surface area contributed by atoms with E-state index in [9.17, 15) is 13.2 Å². The van der Waals surface area contributed by atoms with Crippen LogP contribution >= 0.6 is 0 Å². The van der Waals surface area contributed by atoms with E-state index in [0.717, 1.165) is 19.3 Å². The lowest BCUT2D eigenvalue weighted by Crippen LogP contribution is -2.39. The molecule has 7 nitrogen and oxygen atoms in total. The van der Waals surface area contributed by atoms with Crippen molar-refractivity contribution in [3.05, 3.63) is 28.7 Å². The third-order valence-corrected chi connectivity index (χ3v) is 6.75. The molecule has 2 unspecified atom stereocenters. The van der Waals surface area contributed by atoms with Crippen molar-refractivity contribution in [1.82, 2.24) is 14.2 Å². The molecule has 4 rings (SSSR count). The van der Waals surface area contributed by atoms with Gasteiger partial charge in [0.25, 0.3) is 0 Å². The van der Waals surface area contributed by atoms with Crippen molar-refractivity contribution in [3.8, 4) is 0 Å². The van der Waals surface area contributed by atoms with Gasteiger partial charge in [-0.05, 0) is 31.4 Å². The first-order valence-corrected chi connectivity index (χ1v) is 9.25. The number of nitrogens with one attached hydrogen (secondary N) is 1. The topological polar surface area (TPSA) is 84.5 Å². The van der Waals surface area contributed by atoms with Gasteiger partial charge in [-0.3, -0.25) is 4.57 Å². The van der Waals surface area contributed by atoms with Gasteiger partial charge in [-0.15, -0.1) is 0 Å². The summed E-state index contributed by atoms with van der Waals surface area (Å²) in [4.78, 5) is 11.7. The minimum Gasteiger partial charge on any atom is -0.408 e. The van der Waals surface area contributed by atoms with E-state index >= 15 is 0 Å². The summed E-state index contributed by atoms with van der Waals surface area (Å²) in [6, 6.07) is 5.27. The molecule has 2 aliphatic rings. The molecule has 2 aromatic rings. The predicted octanol–water partition coefficient (Wildman–Crippen LogP) is 0.646. The quantitative estimate of drug-likeness (QED) is 0.870. The molecular weight excluding hydrogens is 318 g/mol. The number of sulfonamides is 1. The van der Waals surface area contributed by atoms with Crippen molar-refractivity contribution in [1.29, 1.82) is 0 Å². The predicted molar refractivity (Wildman–Crippen MR) is 84.8 cm³/mol. The van der Waals surface area contributed by atoms with Crippen LogP contribution < -0.4 is 11.1 Å². The number of aromatic nitrogens is 1. The average Bonchev–Trinajstić information content (AvgIpc) is 2.98. The average molecular weight is 337 g/mol. The monoisotopic (exact) mass is 337 g/mol. The van der Waals surface area contributed by atoms with Crippen LogP contribution in [0.25, 0.3) is 11.1 Å². The molecule has 124 valence electrons. The highest BCUT2D eigenvalue weighted by molar-refractivity contribution is 7.89. The van der Waals surface area contributed by atoms with E-state index in [2.05, 4.69) is 5.32 Å². The Morgan fingerprint density at radius 1 is 1.22 bits per heavy atom. The zero-order chi connectivity index (χ0) is 16.2. The molecule has 0 amide bonds. The summed E-state index contributed by atoms with van der Waals surface area (Å²) in [7, 11) is -1.98. The molecule has 3 heterocycles. The molecule has 1 aromatic carbocycles. The second-order valence-corrected chi connectivity index (χ2v) is 8.28. The highest BCUT2D eigenvalue weighted by atomic mass is 32.2. The maximum Gasteiger partial charge on any atom is 0.419 e. The molecular formula is C15H19N3O4S. The number of hydrogen-bond donors (Lipinski definition) is 1. The van der Waals surface area contributed by atoms with E-state index in [1.807, 2.05) is 0 Å². The van der Waals surface area contributed by atoms with Gasteiger partial charge in [-0.25, -0.2) is 13.2 Å².